The Bertz CT molecular complexity index is 456. The Labute approximate surface area is 138 Å². The van der Waals surface area contributed by atoms with E-state index in [9.17, 15) is 4.79 Å². The zero-order valence-electron chi connectivity index (χ0n) is 14.0. The van der Waals surface area contributed by atoms with Crippen LogP contribution >= 0.6 is 0 Å². The molecule has 0 atom stereocenters. The highest BCUT2D eigenvalue weighted by Gasteiger charge is 2.14. The molecule has 0 bridgehead atoms. The van der Waals surface area contributed by atoms with Crippen LogP contribution in [0.3, 0.4) is 0 Å². The second-order valence-electron chi connectivity index (χ2n) is 5.97. The van der Waals surface area contributed by atoms with Crippen molar-refractivity contribution < 1.29 is 14.3 Å². The molecule has 2 N–H and O–H groups in total. The lowest BCUT2D eigenvalue weighted by Gasteiger charge is -2.23. The molecule has 1 saturated carbocycles. The molecule has 0 aliphatic heterocycles. The summed E-state index contributed by atoms with van der Waals surface area (Å²) in [4.78, 5) is 11.7. The van der Waals surface area contributed by atoms with Crippen LogP contribution in [-0.4, -0.2) is 38.8 Å². The van der Waals surface area contributed by atoms with Crippen molar-refractivity contribution in [2.75, 3.05) is 26.8 Å². The van der Waals surface area contributed by atoms with Gasteiger partial charge in [0.2, 0.25) is 5.91 Å². The van der Waals surface area contributed by atoms with Crippen molar-refractivity contribution in [2.45, 2.75) is 44.8 Å². The number of benzene rings is 1. The molecule has 0 spiro atoms. The summed E-state index contributed by atoms with van der Waals surface area (Å²) in [5.74, 6) is 0.914. The second kappa shape index (κ2) is 10.2. The van der Waals surface area contributed by atoms with Gasteiger partial charge in [0.05, 0.1) is 19.3 Å². The molecule has 5 heteroatoms. The van der Waals surface area contributed by atoms with Crippen LogP contribution in [0, 0.1) is 0 Å². The van der Waals surface area contributed by atoms with Crippen LogP contribution in [0.5, 0.6) is 5.75 Å². The molecule has 0 aromatic heterocycles. The van der Waals surface area contributed by atoms with Gasteiger partial charge in [0.15, 0.2) is 0 Å². The maximum Gasteiger partial charge on any atom is 0.234 e. The number of carbonyl (C=O) groups excluding carboxylic acids is 1. The van der Waals surface area contributed by atoms with Crippen molar-refractivity contribution in [3.8, 4) is 5.75 Å². The number of hydrogen-bond donors (Lipinski definition) is 2. The zero-order chi connectivity index (χ0) is 16.3. The Morgan fingerprint density at radius 1 is 1.17 bits per heavy atom. The predicted octanol–water partition coefficient (Wildman–Crippen LogP) is 2.25. The lowest BCUT2D eigenvalue weighted by Crippen LogP contribution is -2.34. The molecule has 0 unspecified atom stereocenters. The van der Waals surface area contributed by atoms with Crippen LogP contribution in [0.2, 0.25) is 0 Å². The van der Waals surface area contributed by atoms with E-state index in [0.717, 1.165) is 24.2 Å². The van der Waals surface area contributed by atoms with Gasteiger partial charge in [0.25, 0.3) is 0 Å². The molecule has 1 aliphatic carbocycles. The lowest BCUT2D eigenvalue weighted by molar-refractivity contribution is -0.120. The molecule has 23 heavy (non-hydrogen) atoms. The Morgan fingerprint density at radius 2 is 1.91 bits per heavy atom. The normalized spacial score (nSPS) is 15.3. The fourth-order valence-electron chi connectivity index (χ4n) is 2.70. The van der Waals surface area contributed by atoms with Gasteiger partial charge in [-0.2, -0.15) is 0 Å². The average molecular weight is 320 g/mol. The Hall–Kier alpha value is -1.59. The first-order valence-electron chi connectivity index (χ1n) is 8.50. The summed E-state index contributed by atoms with van der Waals surface area (Å²) >= 11 is 0. The zero-order valence-corrected chi connectivity index (χ0v) is 14.0. The summed E-state index contributed by atoms with van der Waals surface area (Å²) < 4.78 is 10.9. The molecule has 1 aliphatic rings. The Kier molecular flexibility index (Phi) is 7.90. The van der Waals surface area contributed by atoms with Gasteiger partial charge in [-0.05, 0) is 43.4 Å². The maximum absolute atomic E-state index is 11.7. The van der Waals surface area contributed by atoms with Gasteiger partial charge in [-0.15, -0.1) is 0 Å². The molecular weight excluding hydrogens is 292 g/mol. The van der Waals surface area contributed by atoms with E-state index in [2.05, 4.69) is 10.6 Å². The minimum atomic E-state index is -0.0105. The number of methoxy groups -OCH3 is 1. The van der Waals surface area contributed by atoms with Crippen molar-refractivity contribution in [3.05, 3.63) is 29.8 Å². The van der Waals surface area contributed by atoms with Gasteiger partial charge in [-0.3, -0.25) is 4.79 Å². The number of ether oxygens (including phenoxy) is 2. The van der Waals surface area contributed by atoms with E-state index >= 15 is 0 Å². The summed E-state index contributed by atoms with van der Waals surface area (Å²) in [7, 11) is 1.64. The third-order valence-corrected chi connectivity index (χ3v) is 4.04. The summed E-state index contributed by atoms with van der Waals surface area (Å²) in [6, 6.07) is 8.01. The van der Waals surface area contributed by atoms with E-state index < -0.39 is 0 Å². The topological polar surface area (TPSA) is 59.6 Å². The van der Waals surface area contributed by atoms with Crippen molar-refractivity contribution in [2.24, 2.45) is 0 Å². The van der Waals surface area contributed by atoms with Gasteiger partial charge in [0, 0.05) is 20.2 Å². The maximum atomic E-state index is 11.7. The molecule has 0 radical (unpaired) electrons. The van der Waals surface area contributed by atoms with Crippen molar-refractivity contribution in [1.82, 2.24) is 10.6 Å². The summed E-state index contributed by atoms with van der Waals surface area (Å²) in [6.45, 7) is 2.13. The van der Waals surface area contributed by atoms with E-state index in [0.29, 0.717) is 32.3 Å². The molecule has 0 heterocycles. The molecule has 5 nitrogen and oxygen atoms in total. The van der Waals surface area contributed by atoms with E-state index in [-0.39, 0.29) is 5.91 Å². The molecule has 1 aromatic rings. The van der Waals surface area contributed by atoms with Crippen LogP contribution in [0.15, 0.2) is 24.3 Å². The third-order valence-electron chi connectivity index (χ3n) is 4.04. The largest absolute Gasteiger partial charge is 0.490 e. The van der Waals surface area contributed by atoms with Gasteiger partial charge in [0.1, 0.15) is 5.75 Å². The fourth-order valence-corrected chi connectivity index (χ4v) is 2.70. The van der Waals surface area contributed by atoms with E-state index in [1.165, 1.54) is 19.3 Å². The van der Waals surface area contributed by atoms with E-state index in [1.807, 2.05) is 24.3 Å². The van der Waals surface area contributed by atoms with Crippen LogP contribution in [0.25, 0.3) is 0 Å². The number of carbonyl (C=O) groups is 1. The Balaban J connectivity index is 1.67. The first-order valence-corrected chi connectivity index (χ1v) is 8.50. The fraction of sp³-hybridized carbons (Fsp3) is 0.611. The van der Waals surface area contributed by atoms with Gasteiger partial charge >= 0.3 is 0 Å². The van der Waals surface area contributed by atoms with Gasteiger partial charge in [-0.1, -0.05) is 18.6 Å². The van der Waals surface area contributed by atoms with Crippen molar-refractivity contribution >= 4 is 5.91 Å². The number of hydrogen-bond acceptors (Lipinski definition) is 4. The minimum absolute atomic E-state index is 0.0105. The molecule has 2 rings (SSSR count). The third kappa shape index (κ3) is 7.01. The van der Waals surface area contributed by atoms with Gasteiger partial charge in [-0.25, -0.2) is 0 Å². The first-order chi connectivity index (χ1) is 11.3. The molecule has 0 saturated heterocycles. The van der Waals surface area contributed by atoms with Gasteiger partial charge < -0.3 is 20.1 Å². The molecular formula is C18H28N2O3. The Morgan fingerprint density at radius 3 is 2.61 bits per heavy atom. The van der Waals surface area contributed by atoms with Crippen LogP contribution < -0.4 is 15.4 Å². The van der Waals surface area contributed by atoms with Crippen LogP contribution in [0.4, 0.5) is 0 Å². The number of amides is 1. The number of rotatable bonds is 9. The highest BCUT2D eigenvalue weighted by molar-refractivity contribution is 5.77. The SMILES string of the molecule is COCCNCC(=O)NCc1ccc(OC2CCCCC2)cc1. The molecule has 1 aromatic carbocycles. The predicted molar refractivity (Wildman–Crippen MR) is 90.5 cm³/mol. The summed E-state index contributed by atoms with van der Waals surface area (Å²) in [5.41, 5.74) is 1.08. The second-order valence-corrected chi connectivity index (χ2v) is 5.97. The molecule has 1 amide bonds. The van der Waals surface area contributed by atoms with Crippen molar-refractivity contribution in [3.63, 3.8) is 0 Å². The highest BCUT2D eigenvalue weighted by Crippen LogP contribution is 2.23. The molecule has 128 valence electrons. The van der Waals surface area contributed by atoms with E-state index in [1.54, 1.807) is 7.11 Å². The van der Waals surface area contributed by atoms with Crippen LogP contribution in [0.1, 0.15) is 37.7 Å². The average Bonchev–Trinajstić information content (AvgIpc) is 2.59. The van der Waals surface area contributed by atoms with Crippen molar-refractivity contribution in [1.29, 1.82) is 0 Å². The minimum Gasteiger partial charge on any atom is -0.490 e. The van der Waals surface area contributed by atoms with E-state index in [4.69, 9.17) is 9.47 Å². The number of nitrogens with one attached hydrogen (secondary N) is 2. The quantitative estimate of drug-likeness (QED) is 0.685. The monoisotopic (exact) mass is 320 g/mol. The molecule has 1 fully saturated rings. The van der Waals surface area contributed by atoms with Crippen LogP contribution in [-0.2, 0) is 16.1 Å². The first kappa shape index (κ1) is 17.8. The lowest BCUT2D eigenvalue weighted by atomic mass is 9.98. The summed E-state index contributed by atoms with van der Waals surface area (Å²) in [6.07, 6.45) is 6.56. The summed E-state index contributed by atoms with van der Waals surface area (Å²) in [5, 5.41) is 5.91. The smallest absolute Gasteiger partial charge is 0.234 e. The standard InChI is InChI=1S/C18H28N2O3/c1-22-12-11-19-14-18(21)20-13-15-7-9-17(10-8-15)23-16-5-3-2-4-6-16/h7-10,16,19H,2-6,11-14H2,1H3,(H,20,21). The highest BCUT2D eigenvalue weighted by atomic mass is 16.5.